The SMILES string of the molecule is CC/C(=C\C=C(/C)N(c1cccc(-c2cccc3c2c2ccccc2n3-c2ccccc2)c1)c1ccccc1-c1ccc(-c2ccccc2)cc1)C1=CCC(C)C=C1. The molecular formula is C56H48N2. The summed E-state index contributed by atoms with van der Waals surface area (Å²) >= 11 is 0. The molecule has 0 spiro atoms. The number of fused-ring (bicyclic) bond motifs is 3. The molecule has 2 nitrogen and oxygen atoms in total. The van der Waals surface area contributed by atoms with Gasteiger partial charge in [0.05, 0.1) is 16.7 Å². The van der Waals surface area contributed by atoms with Crippen LogP contribution in [0.3, 0.4) is 0 Å². The third-order valence-corrected chi connectivity index (χ3v) is 11.5. The van der Waals surface area contributed by atoms with E-state index in [0.29, 0.717) is 5.92 Å². The van der Waals surface area contributed by atoms with Gasteiger partial charge in [-0.2, -0.15) is 0 Å². The Morgan fingerprint density at radius 2 is 1.26 bits per heavy atom. The van der Waals surface area contributed by atoms with Crippen LogP contribution in [-0.4, -0.2) is 4.57 Å². The predicted molar refractivity (Wildman–Crippen MR) is 249 cm³/mol. The van der Waals surface area contributed by atoms with E-state index in [-0.39, 0.29) is 0 Å². The summed E-state index contributed by atoms with van der Waals surface area (Å²) in [5.74, 6) is 0.584. The van der Waals surface area contributed by atoms with Crippen LogP contribution in [0.2, 0.25) is 0 Å². The zero-order valence-corrected chi connectivity index (χ0v) is 33.5. The van der Waals surface area contributed by atoms with Gasteiger partial charge in [0.2, 0.25) is 0 Å². The molecule has 58 heavy (non-hydrogen) atoms. The molecule has 1 aromatic heterocycles. The molecule has 0 fully saturated rings. The summed E-state index contributed by atoms with van der Waals surface area (Å²) in [6.07, 6.45) is 13.7. The smallest absolute Gasteiger partial charge is 0.0547 e. The Morgan fingerprint density at radius 1 is 0.621 bits per heavy atom. The standard InChI is InChI=1S/C56H48N2/c1-4-42(44-32-29-40(2)30-33-44)34-31-41(3)57(53-26-13-11-23-50(53)46-37-35-45(36-38-46)43-17-7-5-8-18-43)49-22-15-19-47(39-49)51-25-16-28-55-56(51)52-24-12-14-27-54(52)58(55)48-20-9-6-10-21-48/h5-29,31-40H,4,30H2,1-3H3/b41-31+,42-34+. The molecule has 1 atom stereocenters. The molecule has 2 heteroatoms. The van der Waals surface area contributed by atoms with Gasteiger partial charge in [-0.25, -0.2) is 0 Å². The summed E-state index contributed by atoms with van der Waals surface area (Å²) in [6, 6.07) is 63.7. The summed E-state index contributed by atoms with van der Waals surface area (Å²) in [7, 11) is 0. The van der Waals surface area contributed by atoms with Crippen molar-refractivity contribution in [1.82, 2.24) is 4.57 Å². The zero-order valence-electron chi connectivity index (χ0n) is 33.5. The van der Waals surface area contributed by atoms with Crippen LogP contribution in [0, 0.1) is 5.92 Å². The number of anilines is 2. The van der Waals surface area contributed by atoms with Crippen molar-refractivity contribution >= 4 is 33.2 Å². The third-order valence-electron chi connectivity index (χ3n) is 11.5. The van der Waals surface area contributed by atoms with Crippen LogP contribution in [-0.2, 0) is 0 Å². The van der Waals surface area contributed by atoms with E-state index in [9.17, 15) is 0 Å². The highest BCUT2D eigenvalue weighted by molar-refractivity contribution is 6.15. The van der Waals surface area contributed by atoms with Gasteiger partial charge < -0.3 is 9.47 Å². The molecule has 0 amide bonds. The predicted octanol–water partition coefficient (Wildman–Crippen LogP) is 15.7. The lowest BCUT2D eigenvalue weighted by molar-refractivity contribution is 0.731. The summed E-state index contributed by atoms with van der Waals surface area (Å²) in [5, 5.41) is 2.51. The number of nitrogens with zero attached hydrogens (tertiary/aromatic N) is 2. The van der Waals surface area contributed by atoms with Crippen LogP contribution in [0.4, 0.5) is 11.4 Å². The lowest BCUT2D eigenvalue weighted by atomic mass is 9.92. The average Bonchev–Trinajstić information content (AvgIpc) is 3.63. The van der Waals surface area contributed by atoms with Crippen LogP contribution in [0.1, 0.15) is 33.6 Å². The minimum atomic E-state index is 0.584. The Hall–Kier alpha value is -6.90. The maximum Gasteiger partial charge on any atom is 0.0547 e. The van der Waals surface area contributed by atoms with E-state index in [1.54, 1.807) is 0 Å². The normalized spacial score (nSPS) is 14.5. The maximum atomic E-state index is 2.44. The molecule has 0 aliphatic heterocycles. The monoisotopic (exact) mass is 748 g/mol. The topological polar surface area (TPSA) is 8.17 Å². The van der Waals surface area contributed by atoms with Gasteiger partial charge in [-0.1, -0.05) is 172 Å². The molecule has 0 N–H and O–H groups in total. The number of para-hydroxylation sites is 3. The molecular weight excluding hydrogens is 701 g/mol. The van der Waals surface area contributed by atoms with E-state index in [4.69, 9.17) is 0 Å². The number of rotatable bonds is 10. The van der Waals surface area contributed by atoms with E-state index in [1.165, 1.54) is 66.3 Å². The fourth-order valence-electron chi connectivity index (χ4n) is 8.53. The van der Waals surface area contributed by atoms with Crippen molar-refractivity contribution < 1.29 is 0 Å². The van der Waals surface area contributed by atoms with E-state index in [1.807, 2.05) is 0 Å². The van der Waals surface area contributed by atoms with Crippen LogP contribution in [0.25, 0.3) is 60.9 Å². The number of hydrogen-bond donors (Lipinski definition) is 0. The van der Waals surface area contributed by atoms with Crippen LogP contribution >= 0.6 is 0 Å². The summed E-state index contributed by atoms with van der Waals surface area (Å²) in [5.41, 5.74) is 16.8. The number of aromatic nitrogens is 1. The van der Waals surface area contributed by atoms with Crippen molar-refractivity contribution in [3.05, 3.63) is 223 Å². The first-order valence-electron chi connectivity index (χ1n) is 20.6. The van der Waals surface area contributed by atoms with E-state index in [0.717, 1.165) is 35.6 Å². The maximum absolute atomic E-state index is 2.44. The fourth-order valence-corrected chi connectivity index (χ4v) is 8.53. The van der Waals surface area contributed by atoms with Crippen LogP contribution in [0.5, 0.6) is 0 Å². The van der Waals surface area contributed by atoms with E-state index < -0.39 is 0 Å². The molecule has 8 aromatic rings. The highest BCUT2D eigenvalue weighted by atomic mass is 15.1. The molecule has 0 radical (unpaired) electrons. The second kappa shape index (κ2) is 16.3. The third kappa shape index (κ3) is 7.14. The number of hydrogen-bond acceptors (Lipinski definition) is 1. The summed E-state index contributed by atoms with van der Waals surface area (Å²) in [6.45, 7) is 6.78. The van der Waals surface area contributed by atoms with Gasteiger partial charge in [-0.3, -0.25) is 0 Å². The molecule has 7 aromatic carbocycles. The first-order valence-corrected chi connectivity index (χ1v) is 20.6. The van der Waals surface area contributed by atoms with Gasteiger partial charge in [-0.15, -0.1) is 0 Å². The van der Waals surface area contributed by atoms with Gasteiger partial charge in [-0.05, 0) is 113 Å². The Balaban J connectivity index is 1.20. The minimum absolute atomic E-state index is 0.584. The van der Waals surface area contributed by atoms with Crippen LogP contribution in [0.15, 0.2) is 223 Å². The molecule has 0 bridgehead atoms. The molecule has 0 saturated heterocycles. The highest BCUT2D eigenvalue weighted by Gasteiger charge is 2.20. The summed E-state index contributed by atoms with van der Waals surface area (Å²) in [4.78, 5) is 2.44. The lowest BCUT2D eigenvalue weighted by Gasteiger charge is -2.29. The Labute approximate surface area is 343 Å². The van der Waals surface area contributed by atoms with E-state index >= 15 is 0 Å². The first kappa shape index (κ1) is 36.7. The Morgan fingerprint density at radius 3 is 2.03 bits per heavy atom. The molecule has 1 aliphatic rings. The lowest BCUT2D eigenvalue weighted by Crippen LogP contribution is -2.15. The minimum Gasteiger partial charge on any atom is -0.314 e. The van der Waals surface area contributed by atoms with E-state index in [2.05, 4.69) is 237 Å². The van der Waals surface area contributed by atoms with Crippen molar-refractivity contribution in [2.75, 3.05) is 4.90 Å². The molecule has 282 valence electrons. The molecule has 1 aliphatic carbocycles. The fraction of sp³-hybridized carbons (Fsp3) is 0.107. The van der Waals surface area contributed by atoms with Crippen molar-refractivity contribution in [2.24, 2.45) is 5.92 Å². The van der Waals surface area contributed by atoms with Gasteiger partial charge in [0, 0.05) is 33.4 Å². The van der Waals surface area contributed by atoms with Gasteiger partial charge in [0.25, 0.3) is 0 Å². The zero-order chi connectivity index (χ0) is 39.4. The Kier molecular flexibility index (Phi) is 10.3. The Bertz CT molecular complexity index is 2850. The molecule has 0 saturated carbocycles. The van der Waals surface area contributed by atoms with Crippen molar-refractivity contribution in [3.63, 3.8) is 0 Å². The molecule has 9 rings (SSSR count). The van der Waals surface area contributed by atoms with Gasteiger partial charge in [0.1, 0.15) is 0 Å². The van der Waals surface area contributed by atoms with Gasteiger partial charge in [0.15, 0.2) is 0 Å². The second-order valence-electron chi connectivity index (χ2n) is 15.3. The van der Waals surface area contributed by atoms with Crippen molar-refractivity contribution in [2.45, 2.75) is 33.6 Å². The quantitative estimate of drug-likeness (QED) is 0.126. The molecule has 1 heterocycles. The number of allylic oxidation sites excluding steroid dienone is 8. The highest BCUT2D eigenvalue weighted by Crippen LogP contribution is 2.42. The van der Waals surface area contributed by atoms with Crippen LogP contribution < -0.4 is 4.90 Å². The first-order chi connectivity index (χ1) is 28.6. The largest absolute Gasteiger partial charge is 0.314 e. The van der Waals surface area contributed by atoms with Crippen molar-refractivity contribution in [1.29, 1.82) is 0 Å². The average molecular weight is 749 g/mol. The van der Waals surface area contributed by atoms with Gasteiger partial charge >= 0.3 is 0 Å². The summed E-state index contributed by atoms with van der Waals surface area (Å²) < 4.78 is 2.39. The molecule has 1 unspecified atom stereocenters. The second-order valence-corrected chi connectivity index (χ2v) is 15.3. The number of benzene rings is 7. The van der Waals surface area contributed by atoms with Crippen molar-refractivity contribution in [3.8, 4) is 39.1 Å².